The summed E-state index contributed by atoms with van der Waals surface area (Å²) >= 11 is 1.59. The lowest BCUT2D eigenvalue weighted by Crippen LogP contribution is -2.39. The first-order chi connectivity index (χ1) is 14.9. The molecule has 0 fully saturated rings. The SMILES string of the molecule is CCN(C(=O)CCN(C)Sc1cccc([NH3+])c1)/C(C=Nc1cccnc1)=C(\C)N.CO. The quantitative estimate of drug-likeness (QED) is 0.402. The molecule has 0 saturated heterocycles. The van der Waals surface area contributed by atoms with Crippen LogP contribution in [0.1, 0.15) is 20.3 Å². The molecule has 0 radical (unpaired) electrons. The molecule has 9 heteroatoms. The van der Waals surface area contributed by atoms with Crippen LogP contribution in [-0.4, -0.2) is 58.7 Å². The van der Waals surface area contributed by atoms with Crippen LogP contribution >= 0.6 is 11.9 Å². The van der Waals surface area contributed by atoms with E-state index in [-0.39, 0.29) is 5.91 Å². The fraction of sp³-hybridized carbons (Fsp3) is 0.318. The number of nitrogens with zero attached hydrogens (tertiary/aromatic N) is 4. The smallest absolute Gasteiger partial charge is 0.228 e. The van der Waals surface area contributed by atoms with Gasteiger partial charge in [0.15, 0.2) is 0 Å². The first-order valence-corrected chi connectivity index (χ1v) is 10.6. The molecule has 0 saturated carbocycles. The molecule has 1 heterocycles. The Kier molecular flexibility index (Phi) is 12.2. The number of aliphatic hydroxyl groups is 1. The number of quaternary nitrogens is 1. The second kappa shape index (κ2) is 14.3. The number of nitrogens with two attached hydrogens (primary N) is 1. The van der Waals surface area contributed by atoms with E-state index >= 15 is 0 Å². The molecule has 8 nitrogen and oxygen atoms in total. The average molecular weight is 446 g/mol. The van der Waals surface area contributed by atoms with Crippen LogP contribution in [0.2, 0.25) is 0 Å². The number of aromatic nitrogens is 1. The molecule has 2 rings (SSSR count). The normalized spacial score (nSPS) is 11.7. The molecule has 1 amide bonds. The van der Waals surface area contributed by atoms with E-state index < -0.39 is 0 Å². The van der Waals surface area contributed by atoms with Crippen molar-refractivity contribution in [1.82, 2.24) is 14.2 Å². The van der Waals surface area contributed by atoms with Gasteiger partial charge in [-0.2, -0.15) is 0 Å². The van der Waals surface area contributed by atoms with Crippen LogP contribution in [0.15, 0.2) is 70.1 Å². The molecule has 1 aromatic heterocycles. The maximum absolute atomic E-state index is 12.9. The first-order valence-electron chi connectivity index (χ1n) is 9.87. The van der Waals surface area contributed by atoms with Gasteiger partial charge in [-0.15, -0.1) is 0 Å². The summed E-state index contributed by atoms with van der Waals surface area (Å²) < 4.78 is 2.04. The molecule has 0 aliphatic heterocycles. The zero-order chi connectivity index (χ0) is 23.2. The summed E-state index contributed by atoms with van der Waals surface area (Å²) in [6, 6.07) is 11.6. The van der Waals surface area contributed by atoms with E-state index in [0.29, 0.717) is 36.6 Å². The predicted octanol–water partition coefficient (Wildman–Crippen LogP) is 2.33. The van der Waals surface area contributed by atoms with E-state index in [1.54, 1.807) is 42.4 Å². The average Bonchev–Trinajstić information content (AvgIpc) is 2.77. The van der Waals surface area contributed by atoms with Crippen molar-refractivity contribution in [3.8, 4) is 0 Å². The van der Waals surface area contributed by atoms with Crippen molar-refractivity contribution in [2.24, 2.45) is 10.7 Å². The third-order valence-electron chi connectivity index (χ3n) is 4.09. The van der Waals surface area contributed by atoms with Crippen LogP contribution < -0.4 is 11.5 Å². The number of rotatable bonds is 9. The molecule has 31 heavy (non-hydrogen) atoms. The number of allylic oxidation sites excluding steroid dienone is 2. The number of benzene rings is 1. The molecular formula is C22H33N6O2S+. The van der Waals surface area contributed by atoms with Gasteiger partial charge in [0, 0.05) is 49.5 Å². The molecule has 0 bridgehead atoms. The Morgan fingerprint density at radius 2 is 2.06 bits per heavy atom. The van der Waals surface area contributed by atoms with Crippen molar-refractivity contribution in [2.45, 2.75) is 25.2 Å². The molecule has 0 aliphatic rings. The van der Waals surface area contributed by atoms with Gasteiger partial charge in [-0.1, -0.05) is 6.07 Å². The minimum Gasteiger partial charge on any atom is -0.401 e. The van der Waals surface area contributed by atoms with Crippen LogP contribution in [0.3, 0.4) is 0 Å². The van der Waals surface area contributed by atoms with E-state index in [2.05, 4.69) is 15.7 Å². The molecule has 0 unspecified atom stereocenters. The second-order valence-electron chi connectivity index (χ2n) is 6.52. The number of aliphatic hydroxyl groups excluding tert-OH is 1. The van der Waals surface area contributed by atoms with Gasteiger partial charge >= 0.3 is 0 Å². The molecule has 6 N–H and O–H groups in total. The number of carbonyl (C=O) groups excluding carboxylic acids is 1. The van der Waals surface area contributed by atoms with Gasteiger partial charge in [-0.3, -0.25) is 14.8 Å². The van der Waals surface area contributed by atoms with E-state index in [9.17, 15) is 4.79 Å². The maximum Gasteiger partial charge on any atom is 0.228 e. The maximum atomic E-state index is 12.9. The van der Waals surface area contributed by atoms with Gasteiger partial charge in [-0.05, 0) is 57.1 Å². The van der Waals surface area contributed by atoms with E-state index in [4.69, 9.17) is 10.8 Å². The lowest BCUT2D eigenvalue weighted by molar-refractivity contribution is -0.255. The largest absolute Gasteiger partial charge is 0.401 e. The first kappa shape index (κ1) is 26.3. The Morgan fingerprint density at radius 1 is 1.32 bits per heavy atom. The Labute approximate surface area is 188 Å². The van der Waals surface area contributed by atoms with Crippen LogP contribution in [0, 0.1) is 0 Å². The Hall–Kier alpha value is -2.72. The monoisotopic (exact) mass is 445 g/mol. The zero-order valence-electron chi connectivity index (χ0n) is 18.7. The summed E-state index contributed by atoms with van der Waals surface area (Å²) in [5.74, 6) is 0.00305. The highest BCUT2D eigenvalue weighted by Gasteiger charge is 2.17. The topological polar surface area (TPSA) is 123 Å². The summed E-state index contributed by atoms with van der Waals surface area (Å²) in [7, 11) is 2.97. The highest BCUT2D eigenvalue weighted by atomic mass is 32.2. The third kappa shape index (κ3) is 9.31. The molecule has 2 aromatic rings. The Bertz CT molecular complexity index is 869. The van der Waals surface area contributed by atoms with Crippen LogP contribution in [0.5, 0.6) is 0 Å². The second-order valence-corrected chi connectivity index (χ2v) is 7.79. The van der Waals surface area contributed by atoms with Crippen molar-refractivity contribution in [1.29, 1.82) is 0 Å². The zero-order valence-corrected chi connectivity index (χ0v) is 19.5. The predicted molar refractivity (Wildman–Crippen MR) is 127 cm³/mol. The lowest BCUT2D eigenvalue weighted by Gasteiger charge is -2.24. The Morgan fingerprint density at radius 3 is 2.65 bits per heavy atom. The van der Waals surface area contributed by atoms with Gasteiger partial charge in [0.2, 0.25) is 5.91 Å². The van der Waals surface area contributed by atoms with Gasteiger partial charge in [0.1, 0.15) is 5.69 Å². The molecule has 0 aliphatic carbocycles. The van der Waals surface area contributed by atoms with Gasteiger partial charge in [0.25, 0.3) is 0 Å². The van der Waals surface area contributed by atoms with E-state index in [0.717, 1.165) is 17.7 Å². The van der Waals surface area contributed by atoms with Crippen LogP contribution in [0.25, 0.3) is 0 Å². The summed E-state index contributed by atoms with van der Waals surface area (Å²) in [6.07, 6.45) is 5.35. The van der Waals surface area contributed by atoms with Crippen molar-refractivity contribution in [3.05, 3.63) is 60.2 Å². The molecule has 0 atom stereocenters. The summed E-state index contributed by atoms with van der Waals surface area (Å²) in [5.41, 5.74) is 12.8. The summed E-state index contributed by atoms with van der Waals surface area (Å²) in [5, 5.41) is 7.00. The van der Waals surface area contributed by atoms with Gasteiger partial charge in [0.05, 0.1) is 23.8 Å². The molecule has 1 aromatic carbocycles. The lowest BCUT2D eigenvalue weighted by atomic mass is 10.2. The van der Waals surface area contributed by atoms with Gasteiger partial charge in [-0.25, -0.2) is 4.31 Å². The minimum absolute atomic E-state index is 0.00305. The standard InChI is InChI=1S/C21H28N6OS.CH4O/c1-4-27(20(16(2)22)15-25-18-8-6-11-24-14-18)21(28)10-12-26(3)29-19-9-5-7-17(23)13-19;1-2/h5-9,11,13-15H,4,10,12,22-23H2,1-3H3;2H,1H3/p+1/b20-16+,25-15?;. The number of carbonyl (C=O) groups is 1. The molecule has 0 spiro atoms. The van der Waals surface area contributed by atoms with E-state index in [1.165, 1.54) is 0 Å². The number of hydrogen-bond donors (Lipinski definition) is 3. The molecular weight excluding hydrogens is 412 g/mol. The van der Waals surface area contributed by atoms with Gasteiger partial charge < -0.3 is 21.5 Å². The minimum atomic E-state index is 0.00305. The fourth-order valence-electron chi connectivity index (χ4n) is 2.65. The van der Waals surface area contributed by atoms with Crippen LogP contribution in [-0.2, 0) is 4.79 Å². The van der Waals surface area contributed by atoms with Crippen molar-refractivity contribution in [2.75, 3.05) is 27.2 Å². The summed E-state index contributed by atoms with van der Waals surface area (Å²) in [4.78, 5) is 24.1. The highest BCUT2D eigenvalue weighted by molar-refractivity contribution is 7.97. The summed E-state index contributed by atoms with van der Waals surface area (Å²) in [6.45, 7) is 4.82. The van der Waals surface area contributed by atoms with Crippen molar-refractivity contribution in [3.63, 3.8) is 0 Å². The highest BCUT2D eigenvalue weighted by Crippen LogP contribution is 2.22. The van der Waals surface area contributed by atoms with Crippen molar-refractivity contribution < 1.29 is 15.6 Å². The number of amides is 1. The Balaban J connectivity index is 0.00000233. The number of hydrogen-bond acceptors (Lipinski definition) is 7. The number of pyridine rings is 1. The fourth-order valence-corrected chi connectivity index (χ4v) is 3.53. The molecule has 168 valence electrons. The van der Waals surface area contributed by atoms with E-state index in [1.807, 2.05) is 54.7 Å². The van der Waals surface area contributed by atoms with Crippen LogP contribution in [0.4, 0.5) is 11.4 Å². The van der Waals surface area contributed by atoms with Crippen molar-refractivity contribution >= 4 is 35.4 Å². The number of aliphatic imine (C=N–C) groups is 1. The third-order valence-corrected chi connectivity index (χ3v) is 5.05.